The Hall–Kier alpha value is -0.610. The van der Waals surface area contributed by atoms with Crippen LogP contribution in [0, 0.1) is 11.8 Å². The first-order valence-corrected chi connectivity index (χ1v) is 6.62. The van der Waals surface area contributed by atoms with Crippen molar-refractivity contribution in [3.05, 3.63) is 0 Å². The van der Waals surface area contributed by atoms with Crippen LogP contribution in [-0.2, 0) is 9.53 Å². The first-order valence-electron chi connectivity index (χ1n) is 6.62. The zero-order chi connectivity index (χ0) is 12.8. The fourth-order valence-corrected chi connectivity index (χ4v) is 1.46. The van der Waals surface area contributed by atoms with E-state index >= 15 is 0 Å². The molecule has 3 unspecified atom stereocenters. The first-order chi connectivity index (χ1) is 8.04. The lowest BCUT2D eigenvalue weighted by Crippen LogP contribution is -2.40. The average Bonchev–Trinajstić information content (AvgIpc) is 3.15. The van der Waals surface area contributed by atoms with E-state index in [9.17, 15) is 9.90 Å². The summed E-state index contributed by atoms with van der Waals surface area (Å²) < 4.78 is 5.45. The zero-order valence-corrected chi connectivity index (χ0v) is 11.1. The number of hydrogen-bond acceptors (Lipinski definition) is 3. The van der Waals surface area contributed by atoms with Crippen LogP contribution in [-0.4, -0.2) is 36.4 Å². The number of hydrogen-bond donors (Lipinski definition) is 2. The lowest BCUT2D eigenvalue weighted by molar-refractivity contribution is -0.132. The molecule has 1 aliphatic carbocycles. The maximum absolute atomic E-state index is 11.6. The molecule has 0 spiro atoms. The second kappa shape index (κ2) is 6.97. The van der Waals surface area contributed by atoms with E-state index in [4.69, 9.17) is 4.74 Å². The third-order valence-electron chi connectivity index (χ3n) is 3.43. The minimum Gasteiger partial charge on any atom is -0.391 e. The van der Waals surface area contributed by atoms with Crippen molar-refractivity contribution < 1.29 is 14.6 Å². The third kappa shape index (κ3) is 5.50. The van der Waals surface area contributed by atoms with E-state index in [0.29, 0.717) is 19.1 Å². The minimum atomic E-state index is -0.473. The van der Waals surface area contributed by atoms with Crippen LogP contribution in [0.15, 0.2) is 0 Å². The van der Waals surface area contributed by atoms with Gasteiger partial charge in [0.15, 0.2) is 0 Å². The Kier molecular flexibility index (Phi) is 5.92. The molecule has 1 rings (SSSR count). The number of nitrogens with one attached hydrogen (secondary N) is 1. The third-order valence-corrected chi connectivity index (χ3v) is 3.43. The largest absolute Gasteiger partial charge is 0.391 e. The van der Waals surface area contributed by atoms with Crippen LogP contribution >= 0.6 is 0 Å². The van der Waals surface area contributed by atoms with Crippen LogP contribution in [0.2, 0.25) is 0 Å². The van der Waals surface area contributed by atoms with Crippen LogP contribution in [0.1, 0.15) is 40.0 Å². The Morgan fingerprint density at radius 3 is 2.65 bits per heavy atom. The number of rotatable bonds is 8. The summed E-state index contributed by atoms with van der Waals surface area (Å²) in [5.41, 5.74) is 0. The molecule has 0 aromatic heterocycles. The predicted octanol–water partition coefficient (Wildman–Crippen LogP) is 1.32. The Bertz CT molecular complexity index is 241. The highest BCUT2D eigenvalue weighted by Crippen LogP contribution is 2.29. The molecule has 0 bridgehead atoms. The highest BCUT2D eigenvalue weighted by molar-refractivity contribution is 5.80. The second-order valence-electron chi connectivity index (χ2n) is 5.12. The van der Waals surface area contributed by atoms with Crippen LogP contribution < -0.4 is 5.32 Å². The van der Waals surface area contributed by atoms with Gasteiger partial charge < -0.3 is 15.2 Å². The number of amides is 1. The van der Waals surface area contributed by atoms with Crippen LogP contribution in [0.5, 0.6) is 0 Å². The van der Waals surface area contributed by atoms with Gasteiger partial charge in [0.2, 0.25) is 5.91 Å². The molecule has 4 heteroatoms. The molecule has 1 aliphatic rings. The van der Waals surface area contributed by atoms with Gasteiger partial charge in [-0.05, 0) is 31.6 Å². The van der Waals surface area contributed by atoms with Crippen molar-refractivity contribution >= 4 is 5.91 Å². The molecular weight excluding hydrogens is 218 g/mol. The van der Waals surface area contributed by atoms with Gasteiger partial charge in [-0.2, -0.15) is 0 Å². The van der Waals surface area contributed by atoms with E-state index in [2.05, 4.69) is 5.32 Å². The normalized spacial score (nSPS) is 20.7. The molecule has 1 saturated carbocycles. The van der Waals surface area contributed by atoms with Gasteiger partial charge in [-0.3, -0.25) is 4.79 Å². The Balaban J connectivity index is 2.13. The molecule has 17 heavy (non-hydrogen) atoms. The molecule has 0 aromatic rings. The van der Waals surface area contributed by atoms with Crippen LogP contribution in [0.25, 0.3) is 0 Å². The van der Waals surface area contributed by atoms with Crippen LogP contribution in [0.3, 0.4) is 0 Å². The van der Waals surface area contributed by atoms with Crippen molar-refractivity contribution in [2.45, 2.75) is 52.2 Å². The van der Waals surface area contributed by atoms with E-state index in [1.54, 1.807) is 6.92 Å². The van der Waals surface area contributed by atoms with Crippen molar-refractivity contribution in [2.75, 3.05) is 13.2 Å². The van der Waals surface area contributed by atoms with E-state index in [1.807, 2.05) is 13.8 Å². The summed E-state index contributed by atoms with van der Waals surface area (Å²) in [7, 11) is 0. The molecule has 0 heterocycles. The van der Waals surface area contributed by atoms with E-state index in [-0.39, 0.29) is 11.8 Å². The summed E-state index contributed by atoms with van der Waals surface area (Å²) in [6.45, 7) is 6.75. The molecule has 4 nitrogen and oxygen atoms in total. The number of aliphatic hydroxyl groups excluding tert-OH is 1. The van der Waals surface area contributed by atoms with E-state index < -0.39 is 12.2 Å². The lowest BCUT2D eigenvalue weighted by atomic mass is 10.0. The average molecular weight is 243 g/mol. The quantitative estimate of drug-likeness (QED) is 0.676. The van der Waals surface area contributed by atoms with Crippen molar-refractivity contribution in [3.8, 4) is 0 Å². The van der Waals surface area contributed by atoms with Gasteiger partial charge in [0, 0.05) is 6.54 Å². The van der Waals surface area contributed by atoms with Gasteiger partial charge >= 0.3 is 0 Å². The molecule has 1 amide bonds. The Morgan fingerprint density at radius 1 is 1.47 bits per heavy atom. The summed E-state index contributed by atoms with van der Waals surface area (Å²) in [6, 6.07) is 0. The van der Waals surface area contributed by atoms with E-state index in [1.165, 1.54) is 12.8 Å². The van der Waals surface area contributed by atoms with Gasteiger partial charge in [-0.25, -0.2) is 0 Å². The molecular formula is C13H25NO3. The van der Waals surface area contributed by atoms with Crippen molar-refractivity contribution in [3.63, 3.8) is 0 Å². The molecule has 100 valence electrons. The van der Waals surface area contributed by atoms with Gasteiger partial charge in [-0.15, -0.1) is 0 Å². The molecule has 2 N–H and O–H groups in total. The monoisotopic (exact) mass is 243 g/mol. The Morgan fingerprint density at radius 2 is 2.12 bits per heavy atom. The number of aliphatic hydroxyl groups is 1. The highest BCUT2D eigenvalue weighted by atomic mass is 16.5. The van der Waals surface area contributed by atoms with Gasteiger partial charge in [0.05, 0.1) is 12.7 Å². The van der Waals surface area contributed by atoms with Crippen molar-refractivity contribution in [1.82, 2.24) is 5.32 Å². The number of ether oxygens (including phenoxy) is 1. The molecule has 1 fully saturated rings. The predicted molar refractivity (Wildman–Crippen MR) is 66.6 cm³/mol. The molecule has 0 radical (unpaired) electrons. The SMILES string of the molecule is CCC(C)C(O)CNC(=O)C(C)OCC1CC1. The maximum atomic E-state index is 11.6. The molecule has 0 aromatic carbocycles. The number of carbonyl (C=O) groups is 1. The van der Waals surface area contributed by atoms with Crippen molar-refractivity contribution in [2.24, 2.45) is 11.8 Å². The molecule has 0 saturated heterocycles. The van der Waals surface area contributed by atoms with Crippen molar-refractivity contribution in [1.29, 1.82) is 0 Å². The van der Waals surface area contributed by atoms with Gasteiger partial charge in [0.25, 0.3) is 0 Å². The van der Waals surface area contributed by atoms with E-state index in [0.717, 1.165) is 6.42 Å². The summed E-state index contributed by atoms with van der Waals surface area (Å²) in [5.74, 6) is 0.738. The minimum absolute atomic E-state index is 0.131. The lowest BCUT2D eigenvalue weighted by Gasteiger charge is -2.19. The summed E-state index contributed by atoms with van der Waals surface area (Å²) in [5, 5.41) is 12.4. The summed E-state index contributed by atoms with van der Waals surface area (Å²) >= 11 is 0. The Labute approximate surface area is 104 Å². The molecule has 0 aliphatic heterocycles. The zero-order valence-electron chi connectivity index (χ0n) is 11.1. The highest BCUT2D eigenvalue weighted by Gasteiger charge is 2.24. The fourth-order valence-electron chi connectivity index (χ4n) is 1.46. The maximum Gasteiger partial charge on any atom is 0.248 e. The fraction of sp³-hybridized carbons (Fsp3) is 0.923. The second-order valence-corrected chi connectivity index (χ2v) is 5.12. The van der Waals surface area contributed by atoms with Gasteiger partial charge in [-0.1, -0.05) is 20.3 Å². The van der Waals surface area contributed by atoms with Gasteiger partial charge in [0.1, 0.15) is 6.10 Å². The van der Waals surface area contributed by atoms with Crippen LogP contribution in [0.4, 0.5) is 0 Å². The standard InChI is InChI=1S/C13H25NO3/c1-4-9(2)12(15)7-14-13(16)10(3)17-8-11-5-6-11/h9-12,15H,4-8H2,1-3H3,(H,14,16). The smallest absolute Gasteiger partial charge is 0.248 e. The summed E-state index contributed by atoms with van der Waals surface area (Å²) in [4.78, 5) is 11.6. The summed E-state index contributed by atoms with van der Waals surface area (Å²) in [6.07, 6.45) is 2.46. The molecule has 3 atom stereocenters. The topological polar surface area (TPSA) is 58.6 Å². The first kappa shape index (κ1) is 14.5. The number of carbonyl (C=O) groups excluding carboxylic acids is 1.